The molecule has 1 aromatic carbocycles. The number of likely N-dealkylation sites (tertiary alicyclic amines) is 1. The molecule has 2 bridgehead atoms. The van der Waals surface area contributed by atoms with Crippen LogP contribution in [0.25, 0.3) is 0 Å². The smallest absolute Gasteiger partial charge is 0.165 e. The number of phenolic OH excluding ortho intramolecular Hbond substituents is 1. The second kappa shape index (κ2) is 3.31. The summed E-state index contributed by atoms with van der Waals surface area (Å²) in [5, 5.41) is 20.6. The highest BCUT2D eigenvalue weighted by Crippen LogP contribution is 2.63. The van der Waals surface area contributed by atoms with Gasteiger partial charge in [0.1, 0.15) is 6.10 Å². The molecule has 1 saturated carbocycles. The summed E-state index contributed by atoms with van der Waals surface area (Å²) in [5.41, 5.74) is 2.41. The van der Waals surface area contributed by atoms with Crippen LogP contribution < -0.4 is 4.74 Å². The summed E-state index contributed by atoms with van der Waals surface area (Å²) in [5.74, 6) is 1.43. The molecule has 4 aliphatic rings. The lowest BCUT2D eigenvalue weighted by Crippen LogP contribution is -2.56. The fourth-order valence-electron chi connectivity index (χ4n) is 5.55. The molecule has 20 heavy (non-hydrogen) atoms. The van der Waals surface area contributed by atoms with Crippen LogP contribution in [0.4, 0.5) is 0 Å². The van der Waals surface area contributed by atoms with Crippen molar-refractivity contribution in [2.75, 3.05) is 13.6 Å². The van der Waals surface area contributed by atoms with E-state index in [9.17, 15) is 10.2 Å². The van der Waals surface area contributed by atoms with E-state index in [0.29, 0.717) is 17.7 Å². The predicted octanol–water partition coefficient (Wildman–Crippen LogP) is 1.03. The van der Waals surface area contributed by atoms with E-state index in [2.05, 4.69) is 11.9 Å². The third-order valence-corrected chi connectivity index (χ3v) is 6.20. The molecule has 4 heteroatoms. The molecule has 0 aromatic heterocycles. The molecule has 5 rings (SSSR count). The van der Waals surface area contributed by atoms with Crippen LogP contribution in [0.15, 0.2) is 12.1 Å². The normalized spacial score (nSPS) is 44.3. The molecule has 0 radical (unpaired) electrons. The maximum Gasteiger partial charge on any atom is 0.165 e. The van der Waals surface area contributed by atoms with Gasteiger partial charge in [0.05, 0.1) is 11.5 Å². The monoisotopic (exact) mass is 273 g/mol. The zero-order valence-corrected chi connectivity index (χ0v) is 11.5. The van der Waals surface area contributed by atoms with Crippen molar-refractivity contribution in [1.82, 2.24) is 4.90 Å². The van der Waals surface area contributed by atoms with Crippen molar-refractivity contribution in [3.63, 3.8) is 0 Å². The van der Waals surface area contributed by atoms with Gasteiger partial charge >= 0.3 is 0 Å². The quantitative estimate of drug-likeness (QED) is 0.741. The third-order valence-electron chi connectivity index (χ3n) is 6.20. The maximum absolute atomic E-state index is 10.5. The number of hydrogen-bond donors (Lipinski definition) is 2. The lowest BCUT2D eigenvalue weighted by molar-refractivity contribution is -0.0420. The first kappa shape index (κ1) is 11.4. The van der Waals surface area contributed by atoms with Gasteiger partial charge in [0.2, 0.25) is 0 Å². The summed E-state index contributed by atoms with van der Waals surface area (Å²) < 4.78 is 6.09. The minimum absolute atomic E-state index is 0.0985. The number of aromatic hydroxyl groups is 1. The fraction of sp³-hybridized carbons (Fsp3) is 0.625. The highest BCUT2D eigenvalue weighted by atomic mass is 16.5. The van der Waals surface area contributed by atoms with Gasteiger partial charge in [-0.3, -0.25) is 0 Å². The number of aliphatic hydroxyl groups excluding tert-OH is 1. The molecule has 2 aliphatic heterocycles. The van der Waals surface area contributed by atoms with Crippen LogP contribution in [0.5, 0.6) is 11.5 Å². The molecule has 2 heterocycles. The second-order valence-corrected chi connectivity index (χ2v) is 6.96. The molecule has 0 amide bonds. The van der Waals surface area contributed by atoms with Crippen LogP contribution in [0, 0.1) is 5.92 Å². The van der Waals surface area contributed by atoms with Crippen LogP contribution >= 0.6 is 0 Å². The molecule has 2 aliphatic carbocycles. The van der Waals surface area contributed by atoms with Crippen molar-refractivity contribution in [2.45, 2.75) is 42.9 Å². The number of benzene rings is 1. The van der Waals surface area contributed by atoms with Gasteiger partial charge in [-0.25, -0.2) is 0 Å². The number of hydrogen-bond acceptors (Lipinski definition) is 4. The topological polar surface area (TPSA) is 52.9 Å². The van der Waals surface area contributed by atoms with Crippen LogP contribution in [0.1, 0.15) is 24.0 Å². The highest BCUT2D eigenvalue weighted by Gasteiger charge is 2.67. The summed E-state index contributed by atoms with van der Waals surface area (Å²) in [6.07, 6.45) is 2.31. The van der Waals surface area contributed by atoms with Crippen LogP contribution in [-0.2, 0) is 11.8 Å². The molecular weight excluding hydrogens is 254 g/mol. The fourth-order valence-corrected chi connectivity index (χ4v) is 5.55. The van der Waals surface area contributed by atoms with Crippen LogP contribution in [0.3, 0.4) is 0 Å². The van der Waals surface area contributed by atoms with E-state index >= 15 is 0 Å². The van der Waals surface area contributed by atoms with Gasteiger partial charge in [-0.15, -0.1) is 0 Å². The average molecular weight is 273 g/mol. The van der Waals surface area contributed by atoms with Crippen LogP contribution in [0.2, 0.25) is 0 Å². The Hall–Kier alpha value is -1.26. The summed E-state index contributed by atoms with van der Waals surface area (Å²) in [7, 11) is 2.19. The summed E-state index contributed by atoms with van der Waals surface area (Å²) in [4.78, 5) is 2.44. The van der Waals surface area contributed by atoms with Gasteiger partial charge in [0.15, 0.2) is 11.5 Å². The Kier molecular flexibility index (Phi) is 1.89. The van der Waals surface area contributed by atoms with Gasteiger partial charge < -0.3 is 19.8 Å². The lowest BCUT2D eigenvalue weighted by Gasteiger charge is -2.46. The molecular formula is C16H19NO3. The minimum atomic E-state index is -0.420. The summed E-state index contributed by atoms with van der Waals surface area (Å²) in [6, 6.07) is 4.34. The largest absolute Gasteiger partial charge is 0.504 e. The Morgan fingerprint density at radius 3 is 3.05 bits per heavy atom. The van der Waals surface area contributed by atoms with Crippen LogP contribution in [-0.4, -0.2) is 47.0 Å². The number of ether oxygens (including phenoxy) is 1. The summed E-state index contributed by atoms with van der Waals surface area (Å²) in [6.45, 7) is 0.938. The molecule has 1 saturated heterocycles. The van der Waals surface area contributed by atoms with E-state index in [-0.39, 0.29) is 17.3 Å². The molecule has 106 valence electrons. The Labute approximate surface area is 118 Å². The van der Waals surface area contributed by atoms with Crippen molar-refractivity contribution in [3.8, 4) is 11.5 Å². The molecule has 2 fully saturated rings. The minimum Gasteiger partial charge on any atom is -0.504 e. The highest BCUT2D eigenvalue weighted by molar-refractivity contribution is 5.61. The molecule has 1 spiro atoms. The van der Waals surface area contributed by atoms with Crippen molar-refractivity contribution in [1.29, 1.82) is 0 Å². The molecule has 5 unspecified atom stereocenters. The van der Waals surface area contributed by atoms with E-state index in [0.717, 1.165) is 25.8 Å². The van der Waals surface area contributed by atoms with E-state index in [4.69, 9.17) is 4.74 Å². The first-order valence-electron chi connectivity index (χ1n) is 7.53. The molecule has 2 N–H and O–H groups in total. The zero-order valence-electron chi connectivity index (χ0n) is 11.5. The lowest BCUT2D eigenvalue weighted by atomic mass is 9.57. The number of nitrogens with zero attached hydrogens (tertiary/aromatic N) is 1. The van der Waals surface area contributed by atoms with Gasteiger partial charge in [-0.1, -0.05) is 6.07 Å². The first-order valence-corrected chi connectivity index (χ1v) is 7.53. The van der Waals surface area contributed by atoms with Crippen molar-refractivity contribution < 1.29 is 14.9 Å². The van der Waals surface area contributed by atoms with Gasteiger partial charge in [-0.2, -0.15) is 0 Å². The Morgan fingerprint density at radius 2 is 2.20 bits per heavy atom. The number of likely N-dealkylation sites (N-methyl/N-ethyl adjacent to an activating group) is 1. The third kappa shape index (κ3) is 1.02. The summed E-state index contributed by atoms with van der Waals surface area (Å²) >= 11 is 0. The number of phenols is 1. The Morgan fingerprint density at radius 1 is 1.35 bits per heavy atom. The van der Waals surface area contributed by atoms with E-state index < -0.39 is 6.10 Å². The van der Waals surface area contributed by atoms with E-state index in [1.807, 2.05) is 6.07 Å². The standard InChI is InChI=1S/C16H19NO3/c1-17-7-16-9-3-5-12(19)15(16)20-14-11(18)4-2-8(13(14)16)6-10(9)17/h2,4,9-10,12,15,18-19H,3,5-7H2,1H3. The number of aliphatic hydroxyl groups is 1. The molecule has 1 aromatic rings. The van der Waals surface area contributed by atoms with E-state index in [1.54, 1.807) is 6.07 Å². The Bertz CT molecular complexity index is 616. The number of rotatable bonds is 0. The SMILES string of the molecule is CN1CC23c4c5ccc(O)c4OC2C(O)CCC3C1C5. The van der Waals surface area contributed by atoms with Gasteiger partial charge in [0, 0.05) is 18.2 Å². The van der Waals surface area contributed by atoms with Gasteiger partial charge in [0.25, 0.3) is 0 Å². The van der Waals surface area contributed by atoms with Crippen molar-refractivity contribution in [3.05, 3.63) is 23.3 Å². The molecule has 4 nitrogen and oxygen atoms in total. The van der Waals surface area contributed by atoms with E-state index in [1.165, 1.54) is 11.1 Å². The maximum atomic E-state index is 10.5. The molecule has 5 atom stereocenters. The van der Waals surface area contributed by atoms with Gasteiger partial charge in [-0.05, 0) is 43.9 Å². The predicted molar refractivity (Wildman–Crippen MR) is 73.1 cm³/mol. The second-order valence-electron chi connectivity index (χ2n) is 6.96. The zero-order chi connectivity index (χ0) is 13.6. The average Bonchev–Trinajstić information content (AvgIpc) is 2.87. The van der Waals surface area contributed by atoms with Crippen molar-refractivity contribution in [2.24, 2.45) is 5.92 Å². The van der Waals surface area contributed by atoms with Crippen molar-refractivity contribution >= 4 is 0 Å². The Balaban J connectivity index is 1.84. The first-order chi connectivity index (χ1) is 9.63.